The van der Waals surface area contributed by atoms with Gasteiger partial charge in [-0.1, -0.05) is 31.6 Å². The van der Waals surface area contributed by atoms with Crippen LogP contribution < -0.4 is 0 Å². The molecule has 0 radical (unpaired) electrons. The molecule has 120 valence electrons. The summed E-state index contributed by atoms with van der Waals surface area (Å²) in [7, 11) is 0. The molecule has 0 aromatic carbocycles. The van der Waals surface area contributed by atoms with Crippen molar-refractivity contribution in [3.05, 3.63) is 23.8 Å². The monoisotopic (exact) mass is 300 g/mol. The number of aliphatic hydroxyl groups is 1. The Balaban J connectivity index is 1.71. The Morgan fingerprint density at radius 2 is 2.00 bits per heavy atom. The van der Waals surface area contributed by atoms with E-state index < -0.39 is 0 Å². The highest BCUT2D eigenvalue weighted by atomic mass is 16.3. The molecular formula is C20H28O2. The van der Waals surface area contributed by atoms with Crippen LogP contribution >= 0.6 is 0 Å². The topological polar surface area (TPSA) is 37.3 Å². The second-order valence-corrected chi connectivity index (χ2v) is 8.61. The number of allylic oxidation sites excluding steroid dienone is 3. The number of aliphatic hydroxyl groups excluding tert-OH is 1. The summed E-state index contributed by atoms with van der Waals surface area (Å²) in [6.45, 7) is 4.72. The summed E-state index contributed by atoms with van der Waals surface area (Å²) in [5.74, 6) is 2.22. The predicted molar refractivity (Wildman–Crippen MR) is 87.2 cm³/mol. The summed E-state index contributed by atoms with van der Waals surface area (Å²) in [5, 5.41) is 10.6. The molecule has 4 rings (SSSR count). The number of rotatable bonds is 0. The van der Waals surface area contributed by atoms with Crippen LogP contribution in [0.4, 0.5) is 0 Å². The third-order valence-electron chi connectivity index (χ3n) is 7.72. The summed E-state index contributed by atoms with van der Waals surface area (Å²) in [6.07, 6.45) is 13.6. The number of carbonyl (C=O) groups excluding carboxylic acids is 1. The molecular weight excluding hydrogens is 272 g/mol. The lowest BCUT2D eigenvalue weighted by Crippen LogP contribution is -2.54. The smallest absolute Gasteiger partial charge is 0.155 e. The molecule has 0 aromatic heterocycles. The molecule has 0 aromatic rings. The lowest BCUT2D eigenvalue weighted by Gasteiger charge is -2.59. The van der Waals surface area contributed by atoms with E-state index in [9.17, 15) is 9.90 Å². The SMILES string of the molecule is C[C@]12CC[C@H]3[C@@H](CCC4=CC(=O)CC[C@@]43C)[C@@H]1C=CC[C@@H]2O. The Bertz CT molecular complexity index is 560. The summed E-state index contributed by atoms with van der Waals surface area (Å²) in [4.78, 5) is 11.8. The summed E-state index contributed by atoms with van der Waals surface area (Å²) < 4.78 is 0. The van der Waals surface area contributed by atoms with Crippen LogP contribution in [0.1, 0.15) is 58.8 Å². The first kappa shape index (κ1) is 14.7. The van der Waals surface area contributed by atoms with Gasteiger partial charge >= 0.3 is 0 Å². The van der Waals surface area contributed by atoms with E-state index in [0.29, 0.717) is 23.5 Å². The van der Waals surface area contributed by atoms with Crippen LogP contribution in [0.2, 0.25) is 0 Å². The van der Waals surface area contributed by atoms with E-state index in [1.807, 2.05) is 6.08 Å². The summed E-state index contributed by atoms with van der Waals surface area (Å²) in [6, 6.07) is 0. The molecule has 0 spiro atoms. The van der Waals surface area contributed by atoms with Gasteiger partial charge in [0.15, 0.2) is 5.78 Å². The van der Waals surface area contributed by atoms with Gasteiger partial charge in [0.25, 0.3) is 0 Å². The van der Waals surface area contributed by atoms with Crippen molar-refractivity contribution in [3.8, 4) is 0 Å². The standard InChI is InChI=1S/C20H28O2/c1-19-10-8-14(21)12-13(19)6-7-15-16-4-3-5-18(22)20(16,2)11-9-17(15)19/h3-4,12,15-18,22H,5-11H2,1-2H3/t15-,16-,17-,18-,19-,20-/m0/s1. The van der Waals surface area contributed by atoms with Gasteiger partial charge in [0.2, 0.25) is 0 Å². The number of hydrogen-bond acceptors (Lipinski definition) is 2. The van der Waals surface area contributed by atoms with Crippen molar-refractivity contribution in [2.45, 2.75) is 64.9 Å². The average Bonchev–Trinajstić information content (AvgIpc) is 2.49. The fourth-order valence-electron chi connectivity index (χ4n) is 6.21. The lowest BCUT2D eigenvalue weighted by molar-refractivity contribution is -0.119. The van der Waals surface area contributed by atoms with E-state index in [2.05, 4.69) is 26.0 Å². The van der Waals surface area contributed by atoms with Crippen LogP contribution in [0.5, 0.6) is 0 Å². The fraction of sp³-hybridized carbons (Fsp3) is 0.750. The molecule has 22 heavy (non-hydrogen) atoms. The lowest BCUT2D eigenvalue weighted by atomic mass is 9.45. The van der Waals surface area contributed by atoms with Crippen molar-refractivity contribution < 1.29 is 9.90 Å². The second kappa shape index (κ2) is 4.80. The van der Waals surface area contributed by atoms with Gasteiger partial charge in [-0.25, -0.2) is 0 Å². The van der Waals surface area contributed by atoms with Crippen molar-refractivity contribution in [1.82, 2.24) is 0 Å². The van der Waals surface area contributed by atoms with E-state index in [1.165, 1.54) is 18.4 Å². The molecule has 2 heteroatoms. The van der Waals surface area contributed by atoms with Crippen LogP contribution in [0, 0.1) is 28.6 Å². The maximum Gasteiger partial charge on any atom is 0.155 e. The molecule has 0 bridgehead atoms. The number of ketones is 1. The van der Waals surface area contributed by atoms with Gasteiger partial charge in [0.1, 0.15) is 0 Å². The summed E-state index contributed by atoms with van der Waals surface area (Å²) >= 11 is 0. The quantitative estimate of drug-likeness (QED) is 0.685. The normalized spacial score (nSPS) is 50.7. The molecule has 0 amide bonds. The Morgan fingerprint density at radius 1 is 1.18 bits per heavy atom. The third kappa shape index (κ3) is 1.86. The molecule has 2 nitrogen and oxygen atoms in total. The number of fused-ring (bicyclic) bond motifs is 5. The molecule has 0 saturated heterocycles. The molecule has 2 saturated carbocycles. The van der Waals surface area contributed by atoms with Gasteiger partial charge in [-0.15, -0.1) is 0 Å². The first-order valence-electron chi connectivity index (χ1n) is 9.04. The highest BCUT2D eigenvalue weighted by Crippen LogP contribution is 2.63. The van der Waals surface area contributed by atoms with Gasteiger partial charge in [-0.2, -0.15) is 0 Å². The van der Waals surface area contributed by atoms with Crippen molar-refractivity contribution in [3.63, 3.8) is 0 Å². The summed E-state index contributed by atoms with van der Waals surface area (Å²) in [5.41, 5.74) is 1.72. The maximum absolute atomic E-state index is 11.8. The zero-order valence-electron chi connectivity index (χ0n) is 13.8. The van der Waals surface area contributed by atoms with Crippen LogP contribution in [0.3, 0.4) is 0 Å². The molecule has 0 aliphatic heterocycles. The van der Waals surface area contributed by atoms with Crippen molar-refractivity contribution >= 4 is 5.78 Å². The fourth-order valence-corrected chi connectivity index (χ4v) is 6.21. The van der Waals surface area contributed by atoms with E-state index in [4.69, 9.17) is 0 Å². The average molecular weight is 300 g/mol. The van der Waals surface area contributed by atoms with Gasteiger partial charge in [-0.05, 0) is 67.8 Å². The van der Waals surface area contributed by atoms with Gasteiger partial charge in [0.05, 0.1) is 6.10 Å². The minimum absolute atomic E-state index is 0.0674. The molecule has 1 N–H and O–H groups in total. The minimum Gasteiger partial charge on any atom is -0.392 e. The van der Waals surface area contributed by atoms with E-state index in [1.54, 1.807) is 0 Å². The Kier molecular flexibility index (Phi) is 3.21. The second-order valence-electron chi connectivity index (χ2n) is 8.61. The van der Waals surface area contributed by atoms with Crippen LogP contribution in [-0.2, 0) is 4.79 Å². The maximum atomic E-state index is 11.8. The van der Waals surface area contributed by atoms with Gasteiger partial charge < -0.3 is 5.11 Å². The number of carbonyl (C=O) groups is 1. The van der Waals surface area contributed by atoms with Crippen LogP contribution in [0.25, 0.3) is 0 Å². The molecule has 6 atom stereocenters. The highest BCUT2D eigenvalue weighted by Gasteiger charge is 2.56. The molecule has 4 aliphatic rings. The van der Waals surface area contributed by atoms with Gasteiger partial charge in [-0.3, -0.25) is 4.79 Å². The zero-order valence-corrected chi connectivity index (χ0v) is 13.8. The van der Waals surface area contributed by atoms with E-state index in [0.717, 1.165) is 32.1 Å². The third-order valence-corrected chi connectivity index (χ3v) is 7.72. The molecule has 4 aliphatic carbocycles. The first-order chi connectivity index (χ1) is 10.4. The molecule has 0 heterocycles. The van der Waals surface area contributed by atoms with Crippen molar-refractivity contribution in [1.29, 1.82) is 0 Å². The van der Waals surface area contributed by atoms with Crippen LogP contribution in [-0.4, -0.2) is 17.0 Å². The van der Waals surface area contributed by atoms with E-state index in [-0.39, 0.29) is 16.9 Å². The Morgan fingerprint density at radius 3 is 2.82 bits per heavy atom. The Labute approximate surface area is 133 Å². The number of hydrogen-bond donors (Lipinski definition) is 1. The minimum atomic E-state index is -0.180. The first-order valence-corrected chi connectivity index (χ1v) is 9.04. The zero-order chi connectivity index (χ0) is 15.5. The largest absolute Gasteiger partial charge is 0.392 e. The molecule has 2 fully saturated rings. The predicted octanol–water partition coefficient (Wildman–Crippen LogP) is 4.05. The van der Waals surface area contributed by atoms with Crippen molar-refractivity contribution in [2.24, 2.45) is 28.6 Å². The van der Waals surface area contributed by atoms with E-state index >= 15 is 0 Å². The highest BCUT2D eigenvalue weighted by molar-refractivity contribution is 5.91. The Hall–Kier alpha value is -0.890. The van der Waals surface area contributed by atoms with Crippen LogP contribution in [0.15, 0.2) is 23.8 Å². The molecule has 0 unspecified atom stereocenters. The van der Waals surface area contributed by atoms with Crippen molar-refractivity contribution in [2.75, 3.05) is 0 Å². The van der Waals surface area contributed by atoms with Gasteiger partial charge in [0, 0.05) is 11.8 Å².